The van der Waals surface area contributed by atoms with E-state index in [4.69, 9.17) is 0 Å². The van der Waals surface area contributed by atoms with Gasteiger partial charge in [0, 0.05) is 25.0 Å². The second-order valence-corrected chi connectivity index (χ2v) is 6.30. The van der Waals surface area contributed by atoms with Gasteiger partial charge >= 0.3 is 0 Å². The Bertz CT molecular complexity index is 650. The van der Waals surface area contributed by atoms with Gasteiger partial charge in [-0.1, -0.05) is 42.5 Å². The average molecular weight is 439 g/mol. The van der Waals surface area contributed by atoms with E-state index in [0.29, 0.717) is 0 Å². The lowest BCUT2D eigenvalue weighted by Crippen LogP contribution is -2.43. The molecule has 0 aliphatic carbocycles. The number of nitrogens with zero attached hydrogens (tertiary/aromatic N) is 2. The van der Waals surface area contributed by atoms with Crippen LogP contribution in [0, 0.1) is 0 Å². The van der Waals surface area contributed by atoms with Crippen LogP contribution >= 0.6 is 35.3 Å². The number of halogens is 1. The van der Waals surface area contributed by atoms with Crippen LogP contribution in [0.3, 0.4) is 0 Å². The Hall–Kier alpha value is -1.34. The van der Waals surface area contributed by atoms with E-state index < -0.39 is 0 Å². The normalized spacial score (nSPS) is 14.9. The van der Waals surface area contributed by atoms with E-state index in [2.05, 4.69) is 69.1 Å². The lowest BCUT2D eigenvalue weighted by atomic mass is 10.00. The highest BCUT2D eigenvalue weighted by Crippen LogP contribution is 2.22. The van der Waals surface area contributed by atoms with Crippen LogP contribution in [0.15, 0.2) is 58.9 Å². The van der Waals surface area contributed by atoms with Crippen LogP contribution < -0.4 is 5.32 Å². The molecule has 1 aromatic carbocycles. The van der Waals surface area contributed by atoms with Crippen molar-refractivity contribution in [3.8, 4) is 0 Å². The van der Waals surface area contributed by atoms with Crippen molar-refractivity contribution in [3.05, 3.63) is 64.4 Å². The summed E-state index contributed by atoms with van der Waals surface area (Å²) in [5.41, 5.74) is 2.77. The number of hydrogen-bond acceptors (Lipinski definition) is 2. The summed E-state index contributed by atoms with van der Waals surface area (Å²) in [6, 6.07) is 14.9. The van der Waals surface area contributed by atoms with Gasteiger partial charge in [0.1, 0.15) is 0 Å². The second kappa shape index (κ2) is 9.08. The first-order chi connectivity index (χ1) is 10.9. The third-order valence-corrected chi connectivity index (χ3v) is 4.74. The highest BCUT2D eigenvalue weighted by molar-refractivity contribution is 14.0. The Morgan fingerprint density at radius 2 is 2.04 bits per heavy atom. The van der Waals surface area contributed by atoms with Crippen molar-refractivity contribution in [3.63, 3.8) is 0 Å². The van der Waals surface area contributed by atoms with Crippen LogP contribution in [0.25, 0.3) is 5.57 Å². The summed E-state index contributed by atoms with van der Waals surface area (Å²) >= 11 is 1.77. The Balaban J connectivity index is 0.00000192. The van der Waals surface area contributed by atoms with Gasteiger partial charge in [-0.2, -0.15) is 0 Å². The molecule has 1 N–H and O–H groups in total. The molecule has 2 aromatic rings. The first-order valence-electron chi connectivity index (χ1n) is 7.59. The van der Waals surface area contributed by atoms with Crippen molar-refractivity contribution in [2.75, 3.05) is 20.1 Å². The van der Waals surface area contributed by atoms with Crippen LogP contribution in [-0.4, -0.2) is 31.0 Å². The molecule has 23 heavy (non-hydrogen) atoms. The summed E-state index contributed by atoms with van der Waals surface area (Å²) in [7, 11) is 1.85. The minimum atomic E-state index is 0. The van der Waals surface area contributed by atoms with E-state index in [-0.39, 0.29) is 24.0 Å². The minimum absolute atomic E-state index is 0. The molecule has 0 saturated carbocycles. The lowest BCUT2D eigenvalue weighted by Gasteiger charge is -2.29. The van der Waals surface area contributed by atoms with Gasteiger partial charge in [0.15, 0.2) is 5.96 Å². The summed E-state index contributed by atoms with van der Waals surface area (Å²) in [4.78, 5) is 8.05. The molecule has 1 aliphatic heterocycles. The summed E-state index contributed by atoms with van der Waals surface area (Å²) < 4.78 is 0. The monoisotopic (exact) mass is 439 g/mol. The minimum Gasteiger partial charge on any atom is -0.351 e. The zero-order valence-electron chi connectivity index (χ0n) is 13.2. The van der Waals surface area contributed by atoms with Crippen molar-refractivity contribution in [2.45, 2.75) is 13.0 Å². The van der Waals surface area contributed by atoms with Crippen LogP contribution in [0.2, 0.25) is 0 Å². The van der Waals surface area contributed by atoms with Crippen LogP contribution in [0.5, 0.6) is 0 Å². The Morgan fingerprint density at radius 3 is 2.65 bits per heavy atom. The summed E-state index contributed by atoms with van der Waals surface area (Å²) in [6.07, 6.45) is 3.38. The molecular weight excluding hydrogens is 417 g/mol. The fourth-order valence-electron chi connectivity index (χ4n) is 2.69. The molecule has 3 nitrogen and oxygen atoms in total. The maximum atomic E-state index is 4.42. The molecule has 5 heteroatoms. The lowest BCUT2D eigenvalue weighted by molar-refractivity contribution is 0.440. The van der Waals surface area contributed by atoms with Gasteiger partial charge in [0.05, 0.1) is 6.54 Å². The fourth-order valence-corrected chi connectivity index (χ4v) is 3.33. The number of guanidine groups is 1. The average Bonchev–Trinajstić information content (AvgIpc) is 3.10. The van der Waals surface area contributed by atoms with Crippen LogP contribution in [0.1, 0.15) is 16.9 Å². The summed E-state index contributed by atoms with van der Waals surface area (Å²) in [5, 5.41) is 5.56. The Kier molecular flexibility index (Phi) is 7.11. The van der Waals surface area contributed by atoms with Crippen molar-refractivity contribution in [1.82, 2.24) is 10.2 Å². The molecule has 0 saturated heterocycles. The standard InChI is InChI=1S/C18H21N3S.HI/c1-19-18(20-14-17-8-5-13-22-17)21-11-9-16(10-12-21)15-6-3-2-4-7-15;/h2-9,13H,10-12,14H2,1H3,(H,19,20);1H. The van der Waals surface area contributed by atoms with Crippen molar-refractivity contribution in [1.29, 1.82) is 0 Å². The highest BCUT2D eigenvalue weighted by atomic mass is 127. The molecule has 0 amide bonds. The molecule has 1 aromatic heterocycles. The molecule has 0 radical (unpaired) electrons. The molecular formula is C18H22IN3S. The molecule has 3 rings (SSSR count). The van der Waals surface area contributed by atoms with Gasteiger partial charge in [-0.15, -0.1) is 35.3 Å². The zero-order valence-corrected chi connectivity index (χ0v) is 16.4. The second-order valence-electron chi connectivity index (χ2n) is 5.27. The maximum absolute atomic E-state index is 4.42. The molecule has 0 bridgehead atoms. The van der Waals surface area contributed by atoms with Crippen molar-refractivity contribution < 1.29 is 0 Å². The molecule has 0 unspecified atom stereocenters. The largest absolute Gasteiger partial charge is 0.351 e. The number of benzene rings is 1. The number of aliphatic imine (C=N–C) groups is 1. The van der Waals surface area contributed by atoms with Crippen molar-refractivity contribution in [2.24, 2.45) is 4.99 Å². The molecule has 0 spiro atoms. The number of nitrogens with one attached hydrogen (secondary N) is 1. The predicted octanol–water partition coefficient (Wildman–Crippen LogP) is 4.23. The topological polar surface area (TPSA) is 27.6 Å². The molecule has 2 heterocycles. The van der Waals surface area contributed by atoms with E-state index in [9.17, 15) is 0 Å². The number of rotatable bonds is 3. The summed E-state index contributed by atoms with van der Waals surface area (Å²) in [6.45, 7) is 2.76. The molecule has 122 valence electrons. The molecule has 1 aliphatic rings. The third-order valence-electron chi connectivity index (χ3n) is 3.87. The quantitative estimate of drug-likeness (QED) is 0.441. The highest BCUT2D eigenvalue weighted by Gasteiger charge is 2.15. The van der Waals surface area contributed by atoms with Gasteiger partial charge < -0.3 is 10.2 Å². The maximum Gasteiger partial charge on any atom is 0.194 e. The van der Waals surface area contributed by atoms with Gasteiger partial charge in [0.2, 0.25) is 0 Å². The number of thiophene rings is 1. The Morgan fingerprint density at radius 1 is 1.22 bits per heavy atom. The van der Waals surface area contributed by atoms with Gasteiger partial charge in [-0.05, 0) is 29.0 Å². The van der Waals surface area contributed by atoms with E-state index in [1.165, 1.54) is 16.0 Å². The Labute approximate surface area is 159 Å². The third kappa shape index (κ3) is 4.81. The smallest absolute Gasteiger partial charge is 0.194 e. The fraction of sp³-hybridized carbons (Fsp3) is 0.278. The molecule has 0 fully saturated rings. The zero-order chi connectivity index (χ0) is 15.2. The summed E-state index contributed by atoms with van der Waals surface area (Å²) in [5.74, 6) is 0.983. The van der Waals surface area contributed by atoms with Gasteiger partial charge in [-0.3, -0.25) is 4.99 Å². The first kappa shape index (κ1) is 18.0. The van der Waals surface area contributed by atoms with E-state index >= 15 is 0 Å². The molecule has 0 atom stereocenters. The van der Waals surface area contributed by atoms with Gasteiger partial charge in [-0.25, -0.2) is 0 Å². The van der Waals surface area contributed by atoms with Gasteiger partial charge in [0.25, 0.3) is 0 Å². The SMILES string of the molecule is CN=C(NCc1cccs1)N1CC=C(c2ccccc2)CC1.I. The van der Waals surface area contributed by atoms with Crippen molar-refractivity contribution >= 4 is 46.8 Å². The van der Waals surface area contributed by atoms with Crippen LogP contribution in [0.4, 0.5) is 0 Å². The van der Waals surface area contributed by atoms with E-state index in [0.717, 1.165) is 32.0 Å². The number of hydrogen-bond donors (Lipinski definition) is 1. The predicted molar refractivity (Wildman–Crippen MR) is 111 cm³/mol. The van der Waals surface area contributed by atoms with E-state index in [1.807, 2.05) is 7.05 Å². The first-order valence-corrected chi connectivity index (χ1v) is 8.47. The van der Waals surface area contributed by atoms with E-state index in [1.54, 1.807) is 11.3 Å². The van der Waals surface area contributed by atoms with Crippen LogP contribution in [-0.2, 0) is 6.54 Å².